The standard InChI is InChI=1S/C15H24N2/c1-11-6-5-8-13(10-11)15(17-16)14-9-4-3-7-12(14)2/h3-4,7,9,11,13,15,17H,5-6,8,10,16H2,1-2H3. The minimum Gasteiger partial charge on any atom is -0.271 e. The Morgan fingerprint density at radius 3 is 2.71 bits per heavy atom. The van der Waals surface area contributed by atoms with Crippen LogP contribution in [0, 0.1) is 18.8 Å². The minimum atomic E-state index is 0.318. The largest absolute Gasteiger partial charge is 0.271 e. The van der Waals surface area contributed by atoms with Crippen LogP contribution in [-0.2, 0) is 0 Å². The van der Waals surface area contributed by atoms with E-state index in [0.29, 0.717) is 12.0 Å². The first-order valence-corrected chi connectivity index (χ1v) is 6.74. The van der Waals surface area contributed by atoms with Crippen molar-refractivity contribution >= 4 is 0 Å². The zero-order valence-electron chi connectivity index (χ0n) is 10.9. The second-order valence-electron chi connectivity index (χ2n) is 5.53. The zero-order valence-corrected chi connectivity index (χ0v) is 10.9. The molecule has 1 aromatic carbocycles. The molecule has 1 aliphatic carbocycles. The Hall–Kier alpha value is -0.860. The molecule has 1 aliphatic rings. The van der Waals surface area contributed by atoms with Gasteiger partial charge in [-0.15, -0.1) is 0 Å². The molecule has 3 N–H and O–H groups in total. The van der Waals surface area contributed by atoms with Crippen LogP contribution in [0.1, 0.15) is 49.8 Å². The van der Waals surface area contributed by atoms with E-state index in [2.05, 4.69) is 43.5 Å². The highest BCUT2D eigenvalue weighted by Crippen LogP contribution is 2.37. The average Bonchev–Trinajstić information content (AvgIpc) is 2.33. The van der Waals surface area contributed by atoms with Gasteiger partial charge in [-0.1, -0.05) is 44.0 Å². The van der Waals surface area contributed by atoms with Gasteiger partial charge in [-0.05, 0) is 42.7 Å². The van der Waals surface area contributed by atoms with Gasteiger partial charge in [-0.25, -0.2) is 0 Å². The molecule has 0 aromatic heterocycles. The maximum Gasteiger partial charge on any atom is 0.0490 e. The van der Waals surface area contributed by atoms with Crippen LogP contribution in [0.3, 0.4) is 0 Å². The van der Waals surface area contributed by atoms with Crippen LogP contribution in [0.15, 0.2) is 24.3 Å². The Morgan fingerprint density at radius 1 is 1.29 bits per heavy atom. The van der Waals surface area contributed by atoms with Crippen LogP contribution in [0.25, 0.3) is 0 Å². The summed E-state index contributed by atoms with van der Waals surface area (Å²) in [7, 11) is 0. The molecule has 0 heterocycles. The van der Waals surface area contributed by atoms with Crippen LogP contribution >= 0.6 is 0 Å². The molecule has 3 unspecified atom stereocenters. The van der Waals surface area contributed by atoms with E-state index in [1.807, 2.05) is 0 Å². The molecule has 1 aromatic rings. The number of benzene rings is 1. The number of aryl methyl sites for hydroxylation is 1. The first kappa shape index (κ1) is 12.6. The molecule has 1 fully saturated rings. The van der Waals surface area contributed by atoms with Gasteiger partial charge in [-0.3, -0.25) is 11.3 Å². The highest BCUT2D eigenvalue weighted by Gasteiger charge is 2.27. The van der Waals surface area contributed by atoms with Crippen molar-refractivity contribution in [2.24, 2.45) is 17.7 Å². The van der Waals surface area contributed by atoms with Gasteiger partial charge in [0.1, 0.15) is 0 Å². The molecule has 0 bridgehead atoms. The van der Waals surface area contributed by atoms with Gasteiger partial charge in [0, 0.05) is 6.04 Å². The second-order valence-corrected chi connectivity index (χ2v) is 5.53. The number of hydrazine groups is 1. The molecule has 3 atom stereocenters. The van der Waals surface area contributed by atoms with E-state index in [4.69, 9.17) is 5.84 Å². The number of hydrogen-bond acceptors (Lipinski definition) is 2. The molecule has 0 spiro atoms. The molecule has 0 saturated heterocycles. The summed E-state index contributed by atoms with van der Waals surface area (Å²) >= 11 is 0. The Bertz CT molecular complexity index is 362. The number of nitrogens with two attached hydrogens (primary N) is 1. The Labute approximate surface area is 105 Å². The third-order valence-electron chi connectivity index (χ3n) is 4.15. The first-order valence-electron chi connectivity index (χ1n) is 6.74. The fourth-order valence-electron chi connectivity index (χ4n) is 3.20. The van der Waals surface area contributed by atoms with Gasteiger partial charge in [-0.2, -0.15) is 0 Å². The highest BCUT2D eigenvalue weighted by molar-refractivity contribution is 5.29. The summed E-state index contributed by atoms with van der Waals surface area (Å²) < 4.78 is 0. The summed E-state index contributed by atoms with van der Waals surface area (Å²) in [5.41, 5.74) is 5.76. The SMILES string of the molecule is Cc1ccccc1C(NN)C1CCCC(C)C1. The molecular formula is C15H24N2. The lowest BCUT2D eigenvalue weighted by atomic mass is 9.76. The van der Waals surface area contributed by atoms with Crippen molar-refractivity contribution in [3.05, 3.63) is 35.4 Å². The summed E-state index contributed by atoms with van der Waals surface area (Å²) in [5.74, 6) is 7.33. The lowest BCUT2D eigenvalue weighted by Gasteiger charge is -2.33. The number of rotatable bonds is 3. The van der Waals surface area contributed by atoms with E-state index in [-0.39, 0.29) is 0 Å². The molecule has 2 heteroatoms. The van der Waals surface area contributed by atoms with Gasteiger partial charge in [0.15, 0.2) is 0 Å². The monoisotopic (exact) mass is 232 g/mol. The third-order valence-corrected chi connectivity index (χ3v) is 4.15. The zero-order chi connectivity index (χ0) is 12.3. The lowest BCUT2D eigenvalue weighted by Crippen LogP contribution is -2.36. The predicted octanol–water partition coefficient (Wildman–Crippen LogP) is 3.33. The Morgan fingerprint density at radius 2 is 2.06 bits per heavy atom. The van der Waals surface area contributed by atoms with Crippen molar-refractivity contribution < 1.29 is 0 Å². The van der Waals surface area contributed by atoms with Crippen molar-refractivity contribution in [1.29, 1.82) is 0 Å². The van der Waals surface area contributed by atoms with Crippen molar-refractivity contribution in [2.75, 3.05) is 0 Å². The molecule has 2 rings (SSSR count). The predicted molar refractivity (Wildman–Crippen MR) is 72.4 cm³/mol. The maximum absolute atomic E-state index is 5.80. The summed E-state index contributed by atoms with van der Waals surface area (Å²) in [5, 5.41) is 0. The fourth-order valence-corrected chi connectivity index (χ4v) is 3.20. The molecular weight excluding hydrogens is 208 g/mol. The topological polar surface area (TPSA) is 38.0 Å². The molecule has 0 amide bonds. The van der Waals surface area contributed by atoms with E-state index in [1.54, 1.807) is 0 Å². The lowest BCUT2D eigenvalue weighted by molar-refractivity contribution is 0.224. The second kappa shape index (κ2) is 5.65. The first-order chi connectivity index (χ1) is 8.22. The van der Waals surface area contributed by atoms with E-state index in [0.717, 1.165) is 5.92 Å². The number of nitrogens with one attached hydrogen (secondary N) is 1. The average molecular weight is 232 g/mol. The molecule has 94 valence electrons. The van der Waals surface area contributed by atoms with Gasteiger partial charge >= 0.3 is 0 Å². The van der Waals surface area contributed by atoms with Gasteiger partial charge in [0.05, 0.1) is 0 Å². The summed E-state index contributed by atoms with van der Waals surface area (Å²) in [4.78, 5) is 0. The van der Waals surface area contributed by atoms with Gasteiger partial charge in [0.25, 0.3) is 0 Å². The highest BCUT2D eigenvalue weighted by atomic mass is 15.2. The molecule has 1 saturated carbocycles. The third kappa shape index (κ3) is 2.88. The van der Waals surface area contributed by atoms with Crippen LogP contribution in [-0.4, -0.2) is 0 Å². The van der Waals surface area contributed by atoms with Crippen molar-refractivity contribution in [3.63, 3.8) is 0 Å². The van der Waals surface area contributed by atoms with Crippen molar-refractivity contribution in [3.8, 4) is 0 Å². The fraction of sp³-hybridized carbons (Fsp3) is 0.600. The van der Waals surface area contributed by atoms with Crippen LogP contribution in [0.2, 0.25) is 0 Å². The van der Waals surface area contributed by atoms with Gasteiger partial charge in [0.2, 0.25) is 0 Å². The summed E-state index contributed by atoms with van der Waals surface area (Å²) in [6, 6.07) is 8.90. The van der Waals surface area contributed by atoms with E-state index < -0.39 is 0 Å². The van der Waals surface area contributed by atoms with E-state index >= 15 is 0 Å². The minimum absolute atomic E-state index is 0.318. The van der Waals surface area contributed by atoms with E-state index in [1.165, 1.54) is 36.8 Å². The molecule has 17 heavy (non-hydrogen) atoms. The summed E-state index contributed by atoms with van der Waals surface area (Å²) in [6.07, 6.45) is 5.31. The molecule has 0 aliphatic heterocycles. The van der Waals surface area contributed by atoms with Crippen molar-refractivity contribution in [1.82, 2.24) is 5.43 Å². The van der Waals surface area contributed by atoms with Gasteiger partial charge < -0.3 is 0 Å². The van der Waals surface area contributed by atoms with Crippen LogP contribution in [0.4, 0.5) is 0 Å². The smallest absolute Gasteiger partial charge is 0.0490 e. The molecule has 2 nitrogen and oxygen atoms in total. The van der Waals surface area contributed by atoms with Crippen LogP contribution in [0.5, 0.6) is 0 Å². The normalized spacial score (nSPS) is 26.8. The number of hydrogen-bond donors (Lipinski definition) is 2. The van der Waals surface area contributed by atoms with E-state index in [9.17, 15) is 0 Å². The molecule has 0 radical (unpaired) electrons. The maximum atomic E-state index is 5.80. The van der Waals surface area contributed by atoms with Crippen LogP contribution < -0.4 is 11.3 Å². The Kier molecular flexibility index (Phi) is 4.19. The quantitative estimate of drug-likeness (QED) is 0.619. The van der Waals surface area contributed by atoms with Crippen molar-refractivity contribution in [2.45, 2.75) is 45.6 Å². The Balaban J connectivity index is 2.18. The summed E-state index contributed by atoms with van der Waals surface area (Å²) in [6.45, 7) is 4.53.